The van der Waals surface area contributed by atoms with Crippen LogP contribution >= 0.6 is 0 Å². The average molecular weight is 330 g/mol. The molecule has 0 fully saturated rings. The molecule has 0 bridgehead atoms. The average Bonchev–Trinajstić information content (AvgIpc) is 3.12. The van der Waals surface area contributed by atoms with E-state index < -0.39 is 0 Å². The second-order valence-electron chi connectivity index (χ2n) is 5.82. The zero-order valence-corrected chi connectivity index (χ0v) is 13.6. The van der Waals surface area contributed by atoms with Gasteiger partial charge in [0.25, 0.3) is 0 Å². The van der Waals surface area contributed by atoms with Gasteiger partial charge >= 0.3 is 0 Å². The van der Waals surface area contributed by atoms with Crippen LogP contribution < -0.4 is 5.32 Å². The molecule has 0 aliphatic heterocycles. The first-order chi connectivity index (χ1) is 12.3. The molecule has 2 aromatic carbocycles. The van der Waals surface area contributed by atoms with Crippen molar-refractivity contribution in [2.24, 2.45) is 0 Å². The molecule has 0 saturated carbocycles. The molecule has 0 radical (unpaired) electrons. The van der Waals surface area contributed by atoms with Crippen LogP contribution in [0.3, 0.4) is 0 Å². The lowest BCUT2D eigenvalue weighted by Crippen LogP contribution is -2.15. The topological polar surface area (TPSA) is 73.8 Å². The van der Waals surface area contributed by atoms with Gasteiger partial charge in [0.15, 0.2) is 0 Å². The fraction of sp³-hybridized carbons (Fsp3) is 0.100. The number of aromatic nitrogens is 3. The monoisotopic (exact) mass is 330 g/mol. The Morgan fingerprint density at radius 2 is 1.68 bits per heavy atom. The number of nitrogens with one attached hydrogen (secondary N) is 2. The van der Waals surface area contributed by atoms with Gasteiger partial charge in [-0.1, -0.05) is 60.7 Å². The Hall–Kier alpha value is -3.18. The summed E-state index contributed by atoms with van der Waals surface area (Å²) in [7, 11) is 0. The number of benzene rings is 2. The van der Waals surface area contributed by atoms with Gasteiger partial charge in [-0.05, 0) is 17.2 Å². The first kappa shape index (κ1) is 15.4. The number of aliphatic hydroxyl groups is 1. The second kappa shape index (κ2) is 6.75. The highest BCUT2D eigenvalue weighted by Crippen LogP contribution is 2.28. The molecule has 3 N–H and O–H groups in total. The molecule has 0 spiro atoms. The first-order valence-electron chi connectivity index (χ1n) is 8.16. The molecule has 124 valence electrons. The summed E-state index contributed by atoms with van der Waals surface area (Å²) < 4.78 is 0. The molecule has 2 aromatic heterocycles. The Morgan fingerprint density at radius 1 is 0.960 bits per heavy atom. The minimum Gasteiger partial charge on any atom is -0.394 e. The van der Waals surface area contributed by atoms with E-state index in [0.29, 0.717) is 5.82 Å². The maximum Gasteiger partial charge on any atom is 0.143 e. The summed E-state index contributed by atoms with van der Waals surface area (Å²) >= 11 is 0. The van der Waals surface area contributed by atoms with Crippen molar-refractivity contribution in [3.05, 3.63) is 78.6 Å². The molecule has 0 aliphatic carbocycles. The van der Waals surface area contributed by atoms with Gasteiger partial charge in [-0.3, -0.25) is 0 Å². The molecule has 4 aromatic rings. The lowest BCUT2D eigenvalue weighted by atomic mass is 10.1. The zero-order valence-electron chi connectivity index (χ0n) is 13.6. The van der Waals surface area contributed by atoms with Crippen LogP contribution in [0, 0.1) is 0 Å². The number of anilines is 1. The quantitative estimate of drug-likeness (QED) is 0.521. The van der Waals surface area contributed by atoms with Crippen LogP contribution in [-0.4, -0.2) is 26.7 Å². The lowest BCUT2D eigenvalue weighted by molar-refractivity contribution is 0.276. The fourth-order valence-electron chi connectivity index (χ4n) is 2.91. The minimum absolute atomic E-state index is 0.0223. The van der Waals surface area contributed by atoms with Gasteiger partial charge in [0.2, 0.25) is 0 Å². The fourth-order valence-corrected chi connectivity index (χ4v) is 2.91. The van der Waals surface area contributed by atoms with E-state index >= 15 is 0 Å². The van der Waals surface area contributed by atoms with E-state index in [1.54, 1.807) is 0 Å². The van der Waals surface area contributed by atoms with Crippen LogP contribution in [0.5, 0.6) is 0 Å². The van der Waals surface area contributed by atoms with E-state index in [-0.39, 0.29) is 12.6 Å². The smallest absolute Gasteiger partial charge is 0.143 e. The molecule has 25 heavy (non-hydrogen) atoms. The molecule has 5 nitrogen and oxygen atoms in total. The Labute approximate surface area is 145 Å². The summed E-state index contributed by atoms with van der Waals surface area (Å²) in [5, 5.41) is 14.0. The van der Waals surface area contributed by atoms with Crippen molar-refractivity contribution in [1.82, 2.24) is 15.0 Å². The van der Waals surface area contributed by atoms with Crippen molar-refractivity contribution in [3.63, 3.8) is 0 Å². The highest BCUT2D eigenvalue weighted by molar-refractivity contribution is 5.91. The highest BCUT2D eigenvalue weighted by atomic mass is 16.3. The third kappa shape index (κ3) is 3.09. The number of fused-ring (bicyclic) bond motifs is 1. The predicted molar refractivity (Wildman–Crippen MR) is 99.2 cm³/mol. The number of hydrogen-bond donors (Lipinski definition) is 3. The standard InChI is InChI=1S/C20H18N4O/c25-12-18(15-9-5-2-6-10-15)24-20-16-11-17(14-7-3-1-4-8-14)23-19(16)21-13-22-20/h1-11,13,18,25H,12H2,(H2,21,22,23,24). The number of aromatic amines is 1. The van der Waals surface area contributed by atoms with E-state index in [0.717, 1.165) is 27.9 Å². The Balaban J connectivity index is 1.71. The van der Waals surface area contributed by atoms with Crippen molar-refractivity contribution < 1.29 is 5.11 Å². The number of hydrogen-bond acceptors (Lipinski definition) is 4. The molecular weight excluding hydrogens is 312 g/mol. The maximum atomic E-state index is 9.78. The molecule has 0 aliphatic rings. The molecule has 5 heteroatoms. The summed E-state index contributed by atoms with van der Waals surface area (Å²) in [5.41, 5.74) is 3.85. The largest absolute Gasteiger partial charge is 0.394 e. The lowest BCUT2D eigenvalue weighted by Gasteiger charge is -2.17. The van der Waals surface area contributed by atoms with E-state index in [2.05, 4.69) is 20.3 Å². The SMILES string of the molecule is OCC(Nc1ncnc2[nH]c(-c3ccccc3)cc12)c1ccccc1. The highest BCUT2D eigenvalue weighted by Gasteiger charge is 2.14. The van der Waals surface area contributed by atoms with Gasteiger partial charge in [0, 0.05) is 5.69 Å². The van der Waals surface area contributed by atoms with Crippen molar-refractivity contribution in [3.8, 4) is 11.3 Å². The molecule has 0 amide bonds. The molecular formula is C20H18N4O. The number of aliphatic hydroxyl groups excluding tert-OH is 1. The van der Waals surface area contributed by atoms with Crippen LogP contribution in [0.2, 0.25) is 0 Å². The Bertz CT molecular complexity index is 967. The van der Waals surface area contributed by atoms with Gasteiger partial charge in [0.1, 0.15) is 17.8 Å². The van der Waals surface area contributed by atoms with Crippen molar-refractivity contribution in [1.29, 1.82) is 0 Å². The second-order valence-corrected chi connectivity index (χ2v) is 5.82. The summed E-state index contributed by atoms with van der Waals surface area (Å²) in [5.74, 6) is 0.700. The van der Waals surface area contributed by atoms with Crippen molar-refractivity contribution in [2.45, 2.75) is 6.04 Å². The van der Waals surface area contributed by atoms with Crippen LogP contribution in [0.1, 0.15) is 11.6 Å². The summed E-state index contributed by atoms with van der Waals surface area (Å²) in [4.78, 5) is 12.0. The van der Waals surface area contributed by atoms with Crippen LogP contribution in [0.15, 0.2) is 73.1 Å². The Kier molecular flexibility index (Phi) is 4.14. The van der Waals surface area contributed by atoms with E-state index in [1.165, 1.54) is 6.33 Å². The number of H-pyrrole nitrogens is 1. The summed E-state index contributed by atoms with van der Waals surface area (Å²) in [6.07, 6.45) is 1.52. The van der Waals surface area contributed by atoms with Gasteiger partial charge in [-0.15, -0.1) is 0 Å². The third-order valence-corrected chi connectivity index (χ3v) is 4.21. The van der Waals surface area contributed by atoms with Crippen LogP contribution in [0.4, 0.5) is 5.82 Å². The maximum absolute atomic E-state index is 9.78. The number of nitrogens with zero attached hydrogens (tertiary/aromatic N) is 2. The normalized spacial score (nSPS) is 12.2. The molecule has 0 saturated heterocycles. The van der Waals surface area contributed by atoms with E-state index in [1.807, 2.05) is 66.7 Å². The van der Waals surface area contributed by atoms with Gasteiger partial charge in [0.05, 0.1) is 18.0 Å². The summed E-state index contributed by atoms with van der Waals surface area (Å²) in [6.45, 7) is -0.0223. The van der Waals surface area contributed by atoms with Crippen molar-refractivity contribution >= 4 is 16.9 Å². The third-order valence-electron chi connectivity index (χ3n) is 4.21. The van der Waals surface area contributed by atoms with Gasteiger partial charge in [-0.25, -0.2) is 9.97 Å². The number of rotatable bonds is 5. The Morgan fingerprint density at radius 3 is 2.40 bits per heavy atom. The molecule has 2 heterocycles. The first-order valence-corrected chi connectivity index (χ1v) is 8.16. The van der Waals surface area contributed by atoms with Gasteiger partial charge < -0.3 is 15.4 Å². The predicted octanol–water partition coefficient (Wildman–Crippen LogP) is 3.77. The minimum atomic E-state index is -0.227. The molecule has 1 unspecified atom stereocenters. The van der Waals surface area contributed by atoms with E-state index in [4.69, 9.17) is 0 Å². The molecule has 4 rings (SSSR count). The summed E-state index contributed by atoms with van der Waals surface area (Å²) in [6, 6.07) is 21.7. The van der Waals surface area contributed by atoms with E-state index in [9.17, 15) is 5.11 Å². The van der Waals surface area contributed by atoms with Crippen molar-refractivity contribution in [2.75, 3.05) is 11.9 Å². The zero-order chi connectivity index (χ0) is 17.1. The van der Waals surface area contributed by atoms with Crippen LogP contribution in [0.25, 0.3) is 22.3 Å². The molecule has 1 atom stereocenters. The van der Waals surface area contributed by atoms with Gasteiger partial charge in [-0.2, -0.15) is 0 Å². The van der Waals surface area contributed by atoms with Crippen LogP contribution in [-0.2, 0) is 0 Å².